The van der Waals surface area contributed by atoms with Crippen LogP contribution in [0, 0.1) is 10.1 Å². The second-order valence-corrected chi connectivity index (χ2v) is 9.35. The molecule has 1 aliphatic rings. The van der Waals surface area contributed by atoms with Gasteiger partial charge in [0.1, 0.15) is 17.4 Å². The Labute approximate surface area is 174 Å². The van der Waals surface area contributed by atoms with Gasteiger partial charge in [-0.25, -0.2) is 9.59 Å². The van der Waals surface area contributed by atoms with Crippen molar-refractivity contribution in [1.82, 2.24) is 4.90 Å². The topological polar surface area (TPSA) is 142 Å². The minimum atomic E-state index is -4.09. The molecule has 1 amide bonds. The van der Waals surface area contributed by atoms with Crippen molar-refractivity contribution in [3.63, 3.8) is 0 Å². The summed E-state index contributed by atoms with van der Waals surface area (Å²) in [5.41, 5.74) is -0.674. The van der Waals surface area contributed by atoms with Gasteiger partial charge in [-0.15, -0.1) is 0 Å². The molecule has 0 bridgehead atoms. The highest BCUT2D eigenvalue weighted by atomic mass is 32.2. The van der Waals surface area contributed by atoms with Crippen LogP contribution < -0.4 is 0 Å². The summed E-state index contributed by atoms with van der Waals surface area (Å²) < 4.78 is 40.0. The molecule has 0 unspecified atom stereocenters. The van der Waals surface area contributed by atoms with Crippen molar-refractivity contribution in [3.8, 4) is 0 Å². The lowest BCUT2D eigenvalue weighted by atomic mass is 10.2. The van der Waals surface area contributed by atoms with Gasteiger partial charge in [-0.05, 0) is 26.3 Å². The van der Waals surface area contributed by atoms with Crippen LogP contribution in [-0.2, 0) is 34.3 Å². The molecule has 0 spiro atoms. The number of non-ortho nitro benzene ring substituents is 1. The summed E-state index contributed by atoms with van der Waals surface area (Å²) in [6.07, 6.45) is -1.83. The highest BCUT2D eigenvalue weighted by Crippen LogP contribution is 2.26. The number of nitrogens with zero attached hydrogens (tertiary/aromatic N) is 2. The van der Waals surface area contributed by atoms with Crippen molar-refractivity contribution >= 4 is 27.9 Å². The number of hydrogen-bond acceptors (Lipinski definition) is 9. The maximum atomic E-state index is 12.4. The molecule has 0 aliphatic carbocycles. The fourth-order valence-electron chi connectivity index (χ4n) is 2.91. The van der Waals surface area contributed by atoms with Crippen molar-refractivity contribution < 1.29 is 36.6 Å². The maximum Gasteiger partial charge on any atom is 0.411 e. The lowest BCUT2D eigenvalue weighted by molar-refractivity contribution is -0.384. The molecule has 1 aromatic rings. The fourth-order valence-corrected chi connectivity index (χ4v) is 4.13. The van der Waals surface area contributed by atoms with Crippen molar-refractivity contribution in [2.75, 3.05) is 13.7 Å². The third-order valence-electron chi connectivity index (χ3n) is 4.14. The van der Waals surface area contributed by atoms with E-state index in [4.69, 9.17) is 13.7 Å². The Balaban J connectivity index is 2.10. The first-order valence-corrected chi connectivity index (χ1v) is 10.6. The van der Waals surface area contributed by atoms with E-state index in [1.54, 1.807) is 20.8 Å². The molecule has 2 rings (SSSR count). The third kappa shape index (κ3) is 6.39. The Morgan fingerprint density at radius 2 is 1.83 bits per heavy atom. The highest BCUT2D eigenvalue weighted by Gasteiger charge is 2.44. The molecule has 1 heterocycles. The maximum absolute atomic E-state index is 12.4. The zero-order valence-corrected chi connectivity index (χ0v) is 17.9. The number of carbonyl (C=O) groups is 2. The quantitative estimate of drug-likeness (QED) is 0.278. The van der Waals surface area contributed by atoms with Crippen LogP contribution in [0.2, 0.25) is 0 Å². The van der Waals surface area contributed by atoms with Gasteiger partial charge < -0.3 is 9.47 Å². The van der Waals surface area contributed by atoms with Crippen LogP contribution in [0.25, 0.3) is 0 Å². The number of nitro groups is 1. The van der Waals surface area contributed by atoms with Gasteiger partial charge in [-0.3, -0.25) is 19.2 Å². The standard InChI is InChI=1S/C18H24N2O9S/c1-18(2,3)28-17(22)19-10-14(9-15(19)16(21)27-4)29-30(25,26)11-12-5-7-13(8-6-12)20(23)24/h5-8,14-15H,9-11H2,1-4H3/t14-,15-/m0/s1. The Kier molecular flexibility index (Phi) is 7.03. The summed E-state index contributed by atoms with van der Waals surface area (Å²) in [6.45, 7) is 4.82. The largest absolute Gasteiger partial charge is 0.467 e. The molecule has 1 aliphatic heterocycles. The molecule has 1 saturated heterocycles. The number of nitro benzene ring substituents is 1. The Morgan fingerprint density at radius 3 is 2.33 bits per heavy atom. The predicted molar refractivity (Wildman–Crippen MR) is 104 cm³/mol. The fraction of sp³-hybridized carbons (Fsp3) is 0.556. The number of likely N-dealkylation sites (tertiary alicyclic amines) is 1. The summed E-state index contributed by atoms with van der Waals surface area (Å²) in [7, 11) is -2.93. The van der Waals surface area contributed by atoms with Gasteiger partial charge in [-0.2, -0.15) is 8.42 Å². The second-order valence-electron chi connectivity index (χ2n) is 7.75. The lowest BCUT2D eigenvalue weighted by Crippen LogP contribution is -2.44. The Morgan fingerprint density at radius 1 is 1.23 bits per heavy atom. The molecule has 0 radical (unpaired) electrons. The van der Waals surface area contributed by atoms with Gasteiger partial charge >= 0.3 is 12.1 Å². The van der Waals surface area contributed by atoms with Gasteiger partial charge in [-0.1, -0.05) is 12.1 Å². The first kappa shape index (κ1) is 23.5. The van der Waals surface area contributed by atoms with Crippen molar-refractivity contribution in [2.24, 2.45) is 0 Å². The van der Waals surface area contributed by atoms with E-state index in [2.05, 4.69) is 0 Å². The molecule has 30 heavy (non-hydrogen) atoms. The van der Waals surface area contributed by atoms with E-state index in [-0.39, 0.29) is 18.7 Å². The van der Waals surface area contributed by atoms with E-state index >= 15 is 0 Å². The van der Waals surface area contributed by atoms with Crippen LogP contribution in [0.4, 0.5) is 10.5 Å². The zero-order valence-electron chi connectivity index (χ0n) is 17.1. The highest BCUT2D eigenvalue weighted by molar-refractivity contribution is 7.85. The van der Waals surface area contributed by atoms with E-state index in [1.165, 1.54) is 24.3 Å². The molecule has 0 saturated carbocycles. The van der Waals surface area contributed by atoms with Crippen LogP contribution in [0.5, 0.6) is 0 Å². The molecular weight excluding hydrogens is 420 g/mol. The Hall–Kier alpha value is -2.73. The Bertz CT molecular complexity index is 907. The number of methoxy groups -OCH3 is 1. The summed E-state index contributed by atoms with van der Waals surface area (Å²) in [5.74, 6) is -1.23. The van der Waals surface area contributed by atoms with E-state index in [1.807, 2.05) is 0 Å². The molecule has 2 atom stereocenters. The van der Waals surface area contributed by atoms with E-state index < -0.39 is 50.6 Å². The minimum absolute atomic E-state index is 0.0780. The molecule has 1 fully saturated rings. The molecule has 0 aromatic heterocycles. The van der Waals surface area contributed by atoms with E-state index in [0.717, 1.165) is 12.0 Å². The molecule has 1 aromatic carbocycles. The van der Waals surface area contributed by atoms with Crippen molar-refractivity contribution in [1.29, 1.82) is 0 Å². The average molecular weight is 444 g/mol. The number of esters is 1. The minimum Gasteiger partial charge on any atom is -0.467 e. The van der Waals surface area contributed by atoms with Gasteiger partial charge in [0.2, 0.25) is 0 Å². The molecule has 166 valence electrons. The molecule has 12 heteroatoms. The third-order valence-corrected chi connectivity index (χ3v) is 5.39. The van der Waals surface area contributed by atoms with Crippen molar-refractivity contribution in [2.45, 2.75) is 50.7 Å². The second kappa shape index (κ2) is 8.96. The lowest BCUT2D eigenvalue weighted by Gasteiger charge is -2.27. The zero-order chi connectivity index (χ0) is 22.7. The van der Waals surface area contributed by atoms with Crippen LogP contribution in [0.3, 0.4) is 0 Å². The van der Waals surface area contributed by atoms with Gasteiger partial charge in [0, 0.05) is 18.6 Å². The van der Waals surface area contributed by atoms with Gasteiger partial charge in [0.25, 0.3) is 15.8 Å². The number of amides is 1. The van der Waals surface area contributed by atoms with E-state index in [0.29, 0.717) is 5.56 Å². The number of ether oxygens (including phenoxy) is 2. The molecular formula is C18H24N2O9S. The summed E-state index contributed by atoms with van der Waals surface area (Å²) in [6, 6.07) is 3.98. The number of carbonyl (C=O) groups excluding carboxylic acids is 2. The van der Waals surface area contributed by atoms with Crippen molar-refractivity contribution in [3.05, 3.63) is 39.9 Å². The van der Waals surface area contributed by atoms with Gasteiger partial charge in [0.05, 0.1) is 24.7 Å². The SMILES string of the molecule is COC(=O)[C@@H]1C[C@H](OS(=O)(=O)Cc2ccc([N+](=O)[O-])cc2)CN1C(=O)OC(C)(C)C. The van der Waals surface area contributed by atoms with Crippen LogP contribution in [0.1, 0.15) is 32.8 Å². The van der Waals surface area contributed by atoms with E-state index in [9.17, 15) is 28.1 Å². The van der Waals surface area contributed by atoms with Crippen LogP contribution in [0.15, 0.2) is 24.3 Å². The number of hydrogen-bond donors (Lipinski definition) is 0. The predicted octanol–water partition coefficient (Wildman–Crippen LogP) is 1.99. The average Bonchev–Trinajstić information content (AvgIpc) is 3.02. The van der Waals surface area contributed by atoms with Crippen LogP contribution in [-0.4, -0.2) is 61.7 Å². The first-order chi connectivity index (χ1) is 13.8. The smallest absolute Gasteiger partial charge is 0.411 e. The number of benzene rings is 1. The number of rotatable bonds is 6. The van der Waals surface area contributed by atoms with Crippen LogP contribution >= 0.6 is 0 Å². The monoisotopic (exact) mass is 444 g/mol. The summed E-state index contributed by atoms with van der Waals surface area (Å²) in [5, 5.41) is 10.7. The normalized spacial score (nSPS) is 19.4. The summed E-state index contributed by atoms with van der Waals surface area (Å²) >= 11 is 0. The first-order valence-electron chi connectivity index (χ1n) is 9.03. The summed E-state index contributed by atoms with van der Waals surface area (Å²) in [4.78, 5) is 35.7. The molecule has 11 nitrogen and oxygen atoms in total. The molecule has 0 N–H and O–H groups in total. The van der Waals surface area contributed by atoms with Gasteiger partial charge in [0.15, 0.2) is 0 Å².